The van der Waals surface area contributed by atoms with E-state index in [1.165, 1.54) is 0 Å². The molecule has 0 radical (unpaired) electrons. The van der Waals surface area contributed by atoms with Crippen molar-refractivity contribution in [1.82, 2.24) is 0 Å². The minimum Gasteiger partial charge on any atom is -0.462 e. The summed E-state index contributed by atoms with van der Waals surface area (Å²) in [6, 6.07) is 0. The van der Waals surface area contributed by atoms with E-state index in [0.29, 0.717) is 0 Å². The first-order chi connectivity index (χ1) is 9.22. The van der Waals surface area contributed by atoms with Crippen LogP contribution in [0.25, 0.3) is 0 Å². The van der Waals surface area contributed by atoms with Crippen molar-refractivity contribution >= 4 is 25.8 Å². The van der Waals surface area contributed by atoms with Crippen molar-refractivity contribution in [3.63, 3.8) is 0 Å². The Bertz CT molecular complexity index is 399. The van der Waals surface area contributed by atoms with Crippen molar-refractivity contribution in [2.24, 2.45) is 5.73 Å². The van der Waals surface area contributed by atoms with Crippen LogP contribution in [0.15, 0.2) is 0 Å². The summed E-state index contributed by atoms with van der Waals surface area (Å²) in [5.74, 6) is -1.29. The van der Waals surface area contributed by atoms with Gasteiger partial charge in [-0.15, -0.1) is 0 Å². The number of hydrogen-bond donors (Lipinski definition) is 2. The predicted octanol–water partition coefficient (Wildman–Crippen LogP) is -0.791. The maximum Gasteiger partial charge on any atom is 0.339 e. The lowest BCUT2D eigenvalue weighted by Crippen LogP contribution is -2.30. The van der Waals surface area contributed by atoms with Gasteiger partial charge in [-0.25, -0.2) is 0 Å². The normalized spacial score (nSPS) is 16.6. The van der Waals surface area contributed by atoms with Gasteiger partial charge >= 0.3 is 19.5 Å². The molecule has 0 rings (SSSR count). The first kappa shape index (κ1) is 18.7. The monoisotopic (exact) mass is 311 g/mol. The van der Waals surface area contributed by atoms with Gasteiger partial charge in [0.15, 0.2) is 6.10 Å². The van der Waals surface area contributed by atoms with Crippen molar-refractivity contribution in [3.05, 3.63) is 0 Å². The van der Waals surface area contributed by atoms with Crippen LogP contribution >= 0.6 is 7.60 Å². The number of hydrogen-bond acceptors (Lipinski definition) is 8. The van der Waals surface area contributed by atoms with Crippen molar-refractivity contribution in [2.45, 2.75) is 25.6 Å². The second-order valence-corrected chi connectivity index (χ2v) is 5.88. The first-order valence-electron chi connectivity index (χ1n) is 5.65. The highest BCUT2D eigenvalue weighted by molar-refractivity contribution is 7.54. The van der Waals surface area contributed by atoms with Gasteiger partial charge in [0.1, 0.15) is 18.6 Å². The Morgan fingerprint density at radius 2 is 1.90 bits per heavy atom. The number of carbonyl (C=O) groups is 3. The zero-order chi connectivity index (χ0) is 15.8. The third-order valence-electron chi connectivity index (χ3n) is 2.07. The second-order valence-electron chi connectivity index (χ2n) is 3.83. The predicted molar refractivity (Wildman–Crippen MR) is 66.9 cm³/mol. The molecule has 9 nitrogen and oxygen atoms in total. The van der Waals surface area contributed by atoms with Crippen LogP contribution in [0.4, 0.5) is 0 Å². The van der Waals surface area contributed by atoms with E-state index in [4.69, 9.17) is 15.0 Å². The number of ether oxygens (including phenoxy) is 2. The van der Waals surface area contributed by atoms with Gasteiger partial charge < -0.3 is 29.4 Å². The maximum atomic E-state index is 11.7. The van der Waals surface area contributed by atoms with E-state index in [1.807, 2.05) is 0 Å². The molecule has 0 aromatic heterocycles. The van der Waals surface area contributed by atoms with Crippen LogP contribution in [0.3, 0.4) is 0 Å². The molecule has 116 valence electrons. The van der Waals surface area contributed by atoms with E-state index in [2.05, 4.69) is 4.74 Å². The van der Waals surface area contributed by atoms with Crippen LogP contribution in [0.1, 0.15) is 13.8 Å². The molecule has 10 heteroatoms. The molecule has 0 aliphatic carbocycles. The summed E-state index contributed by atoms with van der Waals surface area (Å²) in [4.78, 5) is 41.6. The molecule has 0 aliphatic heterocycles. The molecule has 0 bridgehead atoms. The van der Waals surface area contributed by atoms with Gasteiger partial charge in [-0.2, -0.15) is 0 Å². The Hall–Kier alpha value is -1.28. The van der Waals surface area contributed by atoms with Gasteiger partial charge in [0.2, 0.25) is 0 Å². The summed E-state index contributed by atoms with van der Waals surface area (Å²) >= 11 is 0. The number of aldehydes is 1. The molecule has 3 N–H and O–H groups in total. The molecule has 20 heavy (non-hydrogen) atoms. The third-order valence-corrected chi connectivity index (χ3v) is 3.76. The maximum absolute atomic E-state index is 11.7. The summed E-state index contributed by atoms with van der Waals surface area (Å²) in [7, 11) is -4.27. The van der Waals surface area contributed by atoms with Gasteiger partial charge in [-0.05, 0) is 0 Å². The highest BCUT2D eigenvalue weighted by Crippen LogP contribution is 2.46. The highest BCUT2D eigenvalue weighted by Gasteiger charge is 2.32. The average molecular weight is 311 g/mol. The molecule has 0 amide bonds. The van der Waals surface area contributed by atoms with E-state index in [0.717, 1.165) is 13.8 Å². The van der Waals surface area contributed by atoms with Gasteiger partial charge in [0.05, 0.1) is 6.61 Å². The second kappa shape index (κ2) is 8.80. The number of esters is 2. The minimum absolute atomic E-state index is 0.216. The topological polar surface area (TPSA) is 142 Å². The van der Waals surface area contributed by atoms with Gasteiger partial charge in [0, 0.05) is 20.4 Å². The lowest BCUT2D eigenvalue weighted by molar-refractivity contribution is -0.158. The molecular formula is C10H18NO8P. The Kier molecular flexibility index (Phi) is 8.24. The Morgan fingerprint density at radius 1 is 1.30 bits per heavy atom. The summed E-state index contributed by atoms with van der Waals surface area (Å²) in [5, 5.41) is 0. The van der Waals surface area contributed by atoms with E-state index in [9.17, 15) is 23.8 Å². The molecule has 0 aromatic carbocycles. The smallest absolute Gasteiger partial charge is 0.339 e. The molecular weight excluding hydrogens is 293 g/mol. The zero-order valence-electron chi connectivity index (χ0n) is 11.2. The quantitative estimate of drug-likeness (QED) is 0.318. The summed E-state index contributed by atoms with van der Waals surface area (Å²) < 4.78 is 25.8. The summed E-state index contributed by atoms with van der Waals surface area (Å²) in [6.45, 7) is 1.07. The Labute approximate surface area is 115 Å². The molecule has 0 fully saturated rings. The average Bonchev–Trinajstić information content (AvgIpc) is 2.33. The lowest BCUT2D eigenvalue weighted by Gasteiger charge is -2.21. The van der Waals surface area contributed by atoms with Crippen LogP contribution in [-0.2, 0) is 32.9 Å². The van der Waals surface area contributed by atoms with Crippen molar-refractivity contribution in [3.8, 4) is 0 Å². The van der Waals surface area contributed by atoms with Crippen molar-refractivity contribution < 1.29 is 37.8 Å². The summed E-state index contributed by atoms with van der Waals surface area (Å²) in [6.07, 6.45) is -0.838. The lowest BCUT2D eigenvalue weighted by atomic mass is 10.4. The minimum atomic E-state index is -4.27. The largest absolute Gasteiger partial charge is 0.462 e. The molecule has 0 spiro atoms. The molecule has 0 heterocycles. The van der Waals surface area contributed by atoms with Crippen LogP contribution in [0.5, 0.6) is 0 Å². The Balaban J connectivity index is 4.57. The fraction of sp³-hybridized carbons (Fsp3) is 0.700. The van der Waals surface area contributed by atoms with E-state index >= 15 is 0 Å². The third kappa shape index (κ3) is 7.34. The molecule has 0 aliphatic rings. The van der Waals surface area contributed by atoms with Gasteiger partial charge in [-0.3, -0.25) is 14.2 Å². The highest BCUT2D eigenvalue weighted by atomic mass is 31.2. The summed E-state index contributed by atoms with van der Waals surface area (Å²) in [5.41, 5.74) is 3.79. The molecule has 3 atom stereocenters. The van der Waals surface area contributed by atoms with E-state index in [1.54, 1.807) is 0 Å². The number of nitrogens with two attached hydrogens (primary N) is 1. The van der Waals surface area contributed by atoms with Crippen LogP contribution in [0.2, 0.25) is 0 Å². The fourth-order valence-corrected chi connectivity index (χ4v) is 2.10. The zero-order valence-corrected chi connectivity index (χ0v) is 12.1. The van der Waals surface area contributed by atoms with Crippen molar-refractivity contribution in [1.29, 1.82) is 0 Å². The van der Waals surface area contributed by atoms with E-state index in [-0.39, 0.29) is 19.4 Å². The van der Waals surface area contributed by atoms with Crippen molar-refractivity contribution in [2.75, 3.05) is 19.8 Å². The first-order valence-corrected chi connectivity index (χ1v) is 7.30. The van der Waals surface area contributed by atoms with Crippen LogP contribution in [0, 0.1) is 0 Å². The molecule has 3 unspecified atom stereocenters. The van der Waals surface area contributed by atoms with Gasteiger partial charge in [0.25, 0.3) is 0 Å². The number of carbonyl (C=O) groups excluding carboxylic acids is 3. The standard InChI is InChI=1S/C10H18NO8P/c1-7(13)17-5-9(19-8(2)14)6-18-20(15,16)10(3-11)4-12/h4,9-10H,3,5-6,11H2,1-2H3,(H,15,16). The Morgan fingerprint density at radius 3 is 2.30 bits per heavy atom. The van der Waals surface area contributed by atoms with Gasteiger partial charge in [-0.1, -0.05) is 0 Å². The van der Waals surface area contributed by atoms with E-state index < -0.39 is 37.9 Å². The SMILES string of the molecule is CC(=O)OCC(COP(=O)(O)C(C=O)CN)OC(C)=O. The molecule has 0 aromatic rings. The van der Waals surface area contributed by atoms with Crippen LogP contribution in [-0.4, -0.2) is 54.6 Å². The fourth-order valence-electron chi connectivity index (χ4n) is 1.11. The number of rotatable bonds is 9. The molecule has 0 saturated carbocycles. The molecule has 0 saturated heterocycles. The van der Waals surface area contributed by atoms with Crippen LogP contribution < -0.4 is 5.73 Å².